The van der Waals surface area contributed by atoms with E-state index >= 15 is 0 Å². The van der Waals surface area contributed by atoms with Crippen LogP contribution in [0, 0.1) is 17.6 Å². The highest BCUT2D eigenvalue weighted by molar-refractivity contribution is 6.18. The van der Waals surface area contributed by atoms with Crippen molar-refractivity contribution in [3.8, 4) is 0 Å². The zero-order valence-corrected chi connectivity index (χ0v) is 10.3. The van der Waals surface area contributed by atoms with E-state index in [1.165, 1.54) is 18.6 Å². The quantitative estimate of drug-likeness (QED) is 0.817. The van der Waals surface area contributed by atoms with Gasteiger partial charge in [0.25, 0.3) is 0 Å². The first-order chi connectivity index (χ1) is 8.19. The molecule has 0 amide bonds. The third-order valence-corrected chi connectivity index (χ3v) is 3.74. The summed E-state index contributed by atoms with van der Waals surface area (Å²) in [6, 6.07) is 3.99. The summed E-state index contributed by atoms with van der Waals surface area (Å²) in [5.74, 6) is 0.0779. The van der Waals surface area contributed by atoms with Gasteiger partial charge in [-0.1, -0.05) is 6.42 Å². The van der Waals surface area contributed by atoms with Gasteiger partial charge in [0.2, 0.25) is 0 Å². The first-order valence-corrected chi connectivity index (χ1v) is 6.47. The van der Waals surface area contributed by atoms with Crippen molar-refractivity contribution in [3.63, 3.8) is 0 Å². The minimum Gasteiger partial charge on any atom is -0.310 e. The molecule has 0 radical (unpaired) electrons. The van der Waals surface area contributed by atoms with Crippen LogP contribution in [0.3, 0.4) is 0 Å². The summed E-state index contributed by atoms with van der Waals surface area (Å²) in [7, 11) is 0. The van der Waals surface area contributed by atoms with Crippen LogP contribution < -0.4 is 5.32 Å². The number of hydrogen-bond donors (Lipinski definition) is 1. The fourth-order valence-electron chi connectivity index (χ4n) is 2.45. The van der Waals surface area contributed by atoms with Gasteiger partial charge in [-0.05, 0) is 36.5 Å². The third-order valence-electron chi connectivity index (χ3n) is 3.35. The highest BCUT2D eigenvalue weighted by atomic mass is 35.5. The van der Waals surface area contributed by atoms with Crippen molar-refractivity contribution in [3.05, 3.63) is 35.4 Å². The Bertz CT molecular complexity index is 363. The molecule has 2 atom stereocenters. The molecule has 0 bridgehead atoms. The fraction of sp³-hybridized carbons (Fsp3) is 0.538. The van der Waals surface area contributed by atoms with E-state index in [0.717, 1.165) is 18.9 Å². The second kappa shape index (κ2) is 5.78. The largest absolute Gasteiger partial charge is 0.310 e. The summed E-state index contributed by atoms with van der Waals surface area (Å²) < 4.78 is 26.0. The molecule has 2 rings (SSSR count). The number of rotatable bonds is 4. The van der Waals surface area contributed by atoms with Gasteiger partial charge in [0.05, 0.1) is 0 Å². The van der Waals surface area contributed by atoms with E-state index < -0.39 is 11.6 Å². The van der Waals surface area contributed by atoms with Crippen molar-refractivity contribution in [1.82, 2.24) is 5.32 Å². The third kappa shape index (κ3) is 3.39. The molecule has 0 heterocycles. The maximum atomic E-state index is 13.0. The summed E-state index contributed by atoms with van der Waals surface area (Å²) in [4.78, 5) is 0. The second-order valence-electron chi connectivity index (χ2n) is 4.61. The van der Waals surface area contributed by atoms with E-state index in [2.05, 4.69) is 5.32 Å². The van der Waals surface area contributed by atoms with Crippen LogP contribution in [-0.4, -0.2) is 11.9 Å². The summed E-state index contributed by atoms with van der Waals surface area (Å²) in [6.07, 6.45) is 3.40. The lowest BCUT2D eigenvalue weighted by Crippen LogP contribution is -2.32. The SMILES string of the molecule is Fc1cc(F)cc(CNC2CCCC2CCl)c1. The Morgan fingerprint density at radius 2 is 1.88 bits per heavy atom. The highest BCUT2D eigenvalue weighted by Crippen LogP contribution is 2.26. The molecule has 1 aliphatic rings. The minimum atomic E-state index is -0.526. The van der Waals surface area contributed by atoms with Crippen LogP contribution in [-0.2, 0) is 6.54 Å². The molecule has 1 nitrogen and oxygen atoms in total. The molecule has 4 heteroatoms. The van der Waals surface area contributed by atoms with Crippen LogP contribution in [0.4, 0.5) is 8.78 Å². The molecule has 0 aliphatic heterocycles. The van der Waals surface area contributed by atoms with Crippen LogP contribution in [0.2, 0.25) is 0 Å². The van der Waals surface area contributed by atoms with Gasteiger partial charge in [-0.15, -0.1) is 11.6 Å². The molecule has 1 aliphatic carbocycles. The van der Waals surface area contributed by atoms with Gasteiger partial charge in [-0.2, -0.15) is 0 Å². The predicted molar refractivity (Wildman–Crippen MR) is 65.0 cm³/mol. The van der Waals surface area contributed by atoms with Crippen LogP contribution in [0.5, 0.6) is 0 Å². The Morgan fingerprint density at radius 3 is 2.53 bits per heavy atom. The molecule has 1 saturated carbocycles. The highest BCUT2D eigenvalue weighted by Gasteiger charge is 2.25. The first kappa shape index (κ1) is 12.8. The first-order valence-electron chi connectivity index (χ1n) is 5.93. The van der Waals surface area contributed by atoms with E-state index in [-0.39, 0.29) is 0 Å². The number of benzene rings is 1. The van der Waals surface area contributed by atoms with Gasteiger partial charge in [0.1, 0.15) is 11.6 Å². The Morgan fingerprint density at radius 1 is 1.18 bits per heavy atom. The van der Waals surface area contributed by atoms with Gasteiger partial charge in [-0.25, -0.2) is 8.78 Å². The van der Waals surface area contributed by atoms with E-state index in [1.807, 2.05) is 0 Å². The molecule has 1 aromatic rings. The summed E-state index contributed by atoms with van der Waals surface area (Å²) >= 11 is 5.87. The molecule has 94 valence electrons. The standard InChI is InChI=1S/C13H16ClF2N/c14-7-10-2-1-3-13(10)17-8-9-4-11(15)6-12(16)5-9/h4-6,10,13,17H,1-3,7-8H2. The Kier molecular flexibility index (Phi) is 4.35. The zero-order chi connectivity index (χ0) is 12.3. The summed E-state index contributed by atoms with van der Waals surface area (Å²) in [5.41, 5.74) is 0.641. The van der Waals surface area contributed by atoms with Crippen molar-refractivity contribution in [2.45, 2.75) is 31.8 Å². The molecule has 0 spiro atoms. The van der Waals surface area contributed by atoms with Crippen molar-refractivity contribution < 1.29 is 8.78 Å². The molecular formula is C13H16ClF2N. The molecule has 2 unspecified atom stereocenters. The average molecular weight is 260 g/mol. The maximum Gasteiger partial charge on any atom is 0.126 e. The van der Waals surface area contributed by atoms with Gasteiger partial charge in [0.15, 0.2) is 0 Å². The van der Waals surface area contributed by atoms with E-state index in [1.54, 1.807) is 0 Å². The number of hydrogen-bond acceptors (Lipinski definition) is 1. The molecule has 1 N–H and O–H groups in total. The molecular weight excluding hydrogens is 244 g/mol. The van der Waals surface area contributed by atoms with Crippen LogP contribution in [0.15, 0.2) is 18.2 Å². The van der Waals surface area contributed by atoms with E-state index in [4.69, 9.17) is 11.6 Å². The van der Waals surface area contributed by atoms with Crippen molar-refractivity contribution >= 4 is 11.6 Å². The van der Waals surface area contributed by atoms with E-state index in [0.29, 0.717) is 29.9 Å². The van der Waals surface area contributed by atoms with Crippen molar-refractivity contribution in [1.29, 1.82) is 0 Å². The van der Waals surface area contributed by atoms with Gasteiger partial charge >= 0.3 is 0 Å². The summed E-state index contributed by atoms with van der Waals surface area (Å²) in [5, 5.41) is 3.34. The predicted octanol–water partition coefficient (Wildman–Crippen LogP) is 3.46. The van der Waals surface area contributed by atoms with Gasteiger partial charge in [-0.3, -0.25) is 0 Å². The lowest BCUT2D eigenvalue weighted by Gasteiger charge is -2.18. The number of nitrogens with one attached hydrogen (secondary N) is 1. The van der Waals surface area contributed by atoms with Gasteiger partial charge < -0.3 is 5.32 Å². The molecule has 1 fully saturated rings. The molecule has 17 heavy (non-hydrogen) atoms. The van der Waals surface area contributed by atoms with Gasteiger partial charge in [0, 0.05) is 24.5 Å². The maximum absolute atomic E-state index is 13.0. The zero-order valence-electron chi connectivity index (χ0n) is 9.56. The average Bonchev–Trinajstić information content (AvgIpc) is 2.72. The molecule has 0 aromatic heterocycles. The second-order valence-corrected chi connectivity index (χ2v) is 4.92. The van der Waals surface area contributed by atoms with Crippen LogP contribution in [0.1, 0.15) is 24.8 Å². The topological polar surface area (TPSA) is 12.0 Å². The lowest BCUT2D eigenvalue weighted by atomic mass is 10.1. The Hall–Kier alpha value is -0.670. The molecule has 0 saturated heterocycles. The van der Waals surface area contributed by atoms with Crippen molar-refractivity contribution in [2.75, 3.05) is 5.88 Å². The minimum absolute atomic E-state index is 0.374. The number of halogens is 3. The lowest BCUT2D eigenvalue weighted by molar-refractivity contribution is 0.428. The Balaban J connectivity index is 1.93. The van der Waals surface area contributed by atoms with Crippen molar-refractivity contribution in [2.24, 2.45) is 5.92 Å². The normalized spacial score (nSPS) is 24.2. The van der Waals surface area contributed by atoms with Crippen LogP contribution in [0.25, 0.3) is 0 Å². The summed E-state index contributed by atoms with van der Waals surface area (Å²) in [6.45, 7) is 0.493. The smallest absolute Gasteiger partial charge is 0.126 e. The van der Waals surface area contributed by atoms with Crippen LogP contribution >= 0.6 is 11.6 Å². The van der Waals surface area contributed by atoms with E-state index in [9.17, 15) is 8.78 Å². The number of alkyl halides is 1. The fourth-order valence-corrected chi connectivity index (χ4v) is 2.82. The Labute approximate surface area is 105 Å². The monoisotopic (exact) mass is 259 g/mol. The molecule has 1 aromatic carbocycles.